The van der Waals surface area contributed by atoms with Gasteiger partial charge in [0.1, 0.15) is 21.9 Å². The fraction of sp³-hybridized carbons (Fsp3) is 0.185. The summed E-state index contributed by atoms with van der Waals surface area (Å²) < 4.78 is 6.73. The quantitative estimate of drug-likeness (QED) is 0.284. The molecule has 0 aliphatic heterocycles. The molecular formula is C27H22ClN5O3S. The maximum atomic E-state index is 13.8. The van der Waals surface area contributed by atoms with Gasteiger partial charge in [0, 0.05) is 9.90 Å². The van der Waals surface area contributed by atoms with Gasteiger partial charge in [-0.25, -0.2) is 14.8 Å². The molecule has 5 aromatic rings. The van der Waals surface area contributed by atoms with Crippen molar-refractivity contribution >= 4 is 67.8 Å². The Kier molecular flexibility index (Phi) is 5.81. The third-order valence-corrected chi connectivity index (χ3v) is 8.02. The number of aromatic nitrogens is 3. The molecule has 0 saturated carbocycles. The monoisotopic (exact) mass is 531 g/mol. The standard InChI is InChI=1S/C27H22ClN5O3S/c1-36-27(35)20-16-9-2-5-12-19(16)37-26(20)32-25(34)21-22-24(31-18-11-4-3-10-17(18)30-22)33(23(21)29)15-8-6-7-14(28)13-15/h3-4,6-8,10-11,13H,2,5,9,12,29H2,1H3,(H,32,34). The van der Waals surface area contributed by atoms with E-state index in [1.54, 1.807) is 22.8 Å². The van der Waals surface area contributed by atoms with E-state index in [-0.39, 0.29) is 11.4 Å². The Morgan fingerprint density at radius 1 is 1.05 bits per heavy atom. The predicted molar refractivity (Wildman–Crippen MR) is 146 cm³/mol. The Labute approximate surface area is 221 Å². The molecule has 186 valence electrons. The molecule has 6 rings (SSSR count). The number of carbonyl (C=O) groups is 2. The molecule has 1 amide bonds. The third-order valence-electron chi connectivity index (χ3n) is 6.58. The number of nitrogens with two attached hydrogens (primary N) is 1. The van der Waals surface area contributed by atoms with Crippen LogP contribution in [0.2, 0.25) is 5.02 Å². The molecule has 3 aromatic heterocycles. The number of nitrogens with one attached hydrogen (secondary N) is 1. The molecule has 2 aromatic carbocycles. The van der Waals surface area contributed by atoms with Crippen molar-refractivity contribution in [3.8, 4) is 5.69 Å². The number of benzene rings is 2. The molecule has 0 atom stereocenters. The summed E-state index contributed by atoms with van der Waals surface area (Å²) in [6.07, 6.45) is 3.68. The van der Waals surface area contributed by atoms with Crippen LogP contribution in [-0.2, 0) is 17.6 Å². The van der Waals surface area contributed by atoms with Crippen molar-refractivity contribution in [2.75, 3.05) is 18.2 Å². The first-order valence-corrected chi connectivity index (χ1v) is 13.0. The largest absolute Gasteiger partial charge is 0.465 e. The lowest BCUT2D eigenvalue weighted by Crippen LogP contribution is -2.16. The number of carbonyl (C=O) groups excluding carboxylic acids is 2. The molecule has 0 spiro atoms. The number of fused-ring (bicyclic) bond motifs is 3. The van der Waals surface area contributed by atoms with Gasteiger partial charge in [0.05, 0.1) is 29.4 Å². The fourth-order valence-electron chi connectivity index (χ4n) is 4.90. The summed E-state index contributed by atoms with van der Waals surface area (Å²) in [4.78, 5) is 37.2. The molecule has 1 aliphatic rings. The maximum Gasteiger partial charge on any atom is 0.341 e. The normalized spacial score (nSPS) is 13.0. The number of hydrogen-bond acceptors (Lipinski definition) is 7. The summed E-state index contributed by atoms with van der Waals surface area (Å²) in [5.41, 5.74) is 10.9. The number of nitrogen functional groups attached to an aromatic ring is 1. The Bertz CT molecular complexity index is 1720. The van der Waals surface area contributed by atoms with Gasteiger partial charge in [0.2, 0.25) is 0 Å². The van der Waals surface area contributed by atoms with Crippen LogP contribution in [0.5, 0.6) is 0 Å². The highest BCUT2D eigenvalue weighted by atomic mass is 35.5. The number of methoxy groups -OCH3 is 1. The Morgan fingerprint density at radius 3 is 2.57 bits per heavy atom. The van der Waals surface area contributed by atoms with Crippen molar-refractivity contribution < 1.29 is 14.3 Å². The Hall–Kier alpha value is -3.95. The highest BCUT2D eigenvalue weighted by molar-refractivity contribution is 7.17. The van der Waals surface area contributed by atoms with Crippen molar-refractivity contribution in [2.45, 2.75) is 25.7 Å². The van der Waals surface area contributed by atoms with Crippen molar-refractivity contribution in [1.82, 2.24) is 14.5 Å². The molecule has 3 N–H and O–H groups in total. The minimum atomic E-state index is -0.475. The second-order valence-corrected chi connectivity index (χ2v) is 10.4. The summed E-state index contributed by atoms with van der Waals surface area (Å²) in [6, 6.07) is 14.6. The predicted octanol–water partition coefficient (Wildman–Crippen LogP) is 5.79. The number of para-hydroxylation sites is 2. The van der Waals surface area contributed by atoms with Crippen LogP contribution in [0, 0.1) is 0 Å². The average Bonchev–Trinajstić information content (AvgIpc) is 3.40. The lowest BCUT2D eigenvalue weighted by atomic mass is 9.95. The number of esters is 1. The van der Waals surface area contributed by atoms with Crippen LogP contribution < -0.4 is 11.1 Å². The van der Waals surface area contributed by atoms with E-state index in [0.29, 0.717) is 43.5 Å². The van der Waals surface area contributed by atoms with E-state index in [1.807, 2.05) is 30.3 Å². The van der Waals surface area contributed by atoms with Crippen LogP contribution in [0.25, 0.3) is 27.9 Å². The zero-order valence-electron chi connectivity index (χ0n) is 19.9. The van der Waals surface area contributed by atoms with E-state index >= 15 is 0 Å². The Morgan fingerprint density at radius 2 is 1.81 bits per heavy atom. The van der Waals surface area contributed by atoms with Gasteiger partial charge in [-0.3, -0.25) is 9.36 Å². The number of ether oxygens (including phenoxy) is 1. The second kappa shape index (κ2) is 9.17. The van der Waals surface area contributed by atoms with Crippen LogP contribution >= 0.6 is 22.9 Å². The summed E-state index contributed by atoms with van der Waals surface area (Å²) >= 11 is 7.68. The number of halogens is 1. The zero-order chi connectivity index (χ0) is 25.7. The highest BCUT2D eigenvalue weighted by Crippen LogP contribution is 2.40. The van der Waals surface area contributed by atoms with E-state index in [0.717, 1.165) is 36.1 Å². The summed E-state index contributed by atoms with van der Waals surface area (Å²) in [5, 5.41) is 3.93. The lowest BCUT2D eigenvalue weighted by molar-refractivity contribution is 0.0601. The molecule has 0 fully saturated rings. The van der Waals surface area contributed by atoms with E-state index in [9.17, 15) is 9.59 Å². The summed E-state index contributed by atoms with van der Waals surface area (Å²) in [6.45, 7) is 0. The van der Waals surface area contributed by atoms with E-state index in [4.69, 9.17) is 32.0 Å². The minimum absolute atomic E-state index is 0.172. The average molecular weight is 532 g/mol. The van der Waals surface area contributed by atoms with Crippen LogP contribution in [0.3, 0.4) is 0 Å². The van der Waals surface area contributed by atoms with Gasteiger partial charge >= 0.3 is 5.97 Å². The second-order valence-electron chi connectivity index (χ2n) is 8.82. The van der Waals surface area contributed by atoms with Crippen molar-refractivity contribution in [3.63, 3.8) is 0 Å². The molecule has 0 saturated heterocycles. The summed E-state index contributed by atoms with van der Waals surface area (Å²) in [7, 11) is 1.35. The van der Waals surface area contributed by atoms with Crippen molar-refractivity contribution in [3.05, 3.63) is 75.1 Å². The topological polar surface area (TPSA) is 112 Å². The molecule has 10 heteroatoms. The van der Waals surface area contributed by atoms with E-state index in [2.05, 4.69) is 5.32 Å². The number of rotatable bonds is 4. The highest BCUT2D eigenvalue weighted by Gasteiger charge is 2.30. The number of amides is 1. The van der Waals surface area contributed by atoms with Crippen molar-refractivity contribution in [2.24, 2.45) is 0 Å². The van der Waals surface area contributed by atoms with Gasteiger partial charge in [-0.2, -0.15) is 0 Å². The van der Waals surface area contributed by atoms with Crippen molar-refractivity contribution in [1.29, 1.82) is 0 Å². The van der Waals surface area contributed by atoms with E-state index in [1.165, 1.54) is 18.4 Å². The van der Waals surface area contributed by atoms with Gasteiger partial charge < -0.3 is 15.8 Å². The van der Waals surface area contributed by atoms with Gasteiger partial charge in [-0.05, 0) is 61.6 Å². The number of anilines is 2. The van der Waals surface area contributed by atoms with Gasteiger partial charge in [0.15, 0.2) is 5.65 Å². The van der Waals surface area contributed by atoms with Gasteiger partial charge in [0.25, 0.3) is 5.91 Å². The number of hydrogen-bond donors (Lipinski definition) is 2. The summed E-state index contributed by atoms with van der Waals surface area (Å²) in [5.74, 6) is -0.766. The molecule has 3 heterocycles. The molecular weight excluding hydrogens is 510 g/mol. The fourth-order valence-corrected chi connectivity index (χ4v) is 6.36. The number of thiophene rings is 1. The number of aryl methyl sites for hydroxylation is 1. The lowest BCUT2D eigenvalue weighted by Gasteiger charge is -2.11. The SMILES string of the molecule is COC(=O)c1c(NC(=O)c2c(N)n(-c3cccc(Cl)c3)c3nc4ccccc4nc23)sc2c1CCCC2. The van der Waals surface area contributed by atoms with Crippen LogP contribution in [-0.4, -0.2) is 33.5 Å². The van der Waals surface area contributed by atoms with Crippen LogP contribution in [0.4, 0.5) is 10.8 Å². The van der Waals surface area contributed by atoms with Crippen LogP contribution in [0.1, 0.15) is 44.0 Å². The zero-order valence-corrected chi connectivity index (χ0v) is 21.4. The Balaban J connectivity index is 1.54. The first-order valence-electron chi connectivity index (χ1n) is 11.8. The minimum Gasteiger partial charge on any atom is -0.465 e. The molecule has 8 nitrogen and oxygen atoms in total. The van der Waals surface area contributed by atoms with Gasteiger partial charge in [-0.15, -0.1) is 11.3 Å². The van der Waals surface area contributed by atoms with E-state index < -0.39 is 11.9 Å². The molecule has 0 unspecified atom stereocenters. The first kappa shape index (κ1) is 23.4. The molecule has 0 radical (unpaired) electrons. The molecule has 1 aliphatic carbocycles. The number of nitrogens with zero attached hydrogens (tertiary/aromatic N) is 3. The molecule has 0 bridgehead atoms. The smallest absolute Gasteiger partial charge is 0.341 e. The van der Waals surface area contributed by atoms with Gasteiger partial charge in [-0.1, -0.05) is 29.8 Å². The maximum absolute atomic E-state index is 13.8. The van der Waals surface area contributed by atoms with Crippen LogP contribution in [0.15, 0.2) is 48.5 Å². The first-order chi connectivity index (χ1) is 18.0. The third kappa shape index (κ3) is 3.91. The molecule has 37 heavy (non-hydrogen) atoms.